The smallest absolute Gasteiger partial charge is 0.311 e. The van der Waals surface area contributed by atoms with E-state index in [0.29, 0.717) is 18.6 Å². The zero-order valence-corrected chi connectivity index (χ0v) is 14.8. The van der Waals surface area contributed by atoms with Crippen molar-refractivity contribution in [2.45, 2.75) is 19.8 Å². The number of ether oxygens (including phenoxy) is 3. The number of rotatable bonds is 7. The fraction of sp³-hybridized carbons (Fsp3) is 0.263. The van der Waals surface area contributed by atoms with Crippen LogP contribution in [0, 0.1) is 11.3 Å². The molecule has 2 aromatic carbocycles. The highest BCUT2D eigenvalue weighted by Crippen LogP contribution is 2.37. The van der Waals surface area contributed by atoms with Crippen LogP contribution in [0.5, 0.6) is 17.2 Å². The molecule has 130 valence electrons. The molecule has 0 bridgehead atoms. The summed E-state index contributed by atoms with van der Waals surface area (Å²) in [6.45, 7) is 2.15. The number of carbonyl (C=O) groups is 1. The van der Waals surface area contributed by atoms with Crippen LogP contribution in [0.15, 0.2) is 36.4 Å². The lowest BCUT2D eigenvalue weighted by atomic mass is 10.1. The van der Waals surface area contributed by atoms with E-state index in [1.165, 1.54) is 12.1 Å². The lowest BCUT2D eigenvalue weighted by Crippen LogP contribution is -2.11. The third kappa shape index (κ3) is 4.88. The zero-order chi connectivity index (χ0) is 18.2. The summed E-state index contributed by atoms with van der Waals surface area (Å²) in [5, 5.41) is 9.16. The highest BCUT2D eigenvalue weighted by atomic mass is 35.5. The Morgan fingerprint density at radius 1 is 1.24 bits per heavy atom. The second-order valence-corrected chi connectivity index (χ2v) is 5.52. The van der Waals surface area contributed by atoms with Gasteiger partial charge in [0.25, 0.3) is 0 Å². The Kier molecular flexibility index (Phi) is 6.67. The number of aryl methyl sites for hydroxylation is 1. The molecule has 0 saturated carbocycles. The van der Waals surface area contributed by atoms with E-state index in [4.69, 9.17) is 31.1 Å². The number of benzene rings is 2. The van der Waals surface area contributed by atoms with Gasteiger partial charge in [0.15, 0.2) is 11.5 Å². The lowest BCUT2D eigenvalue weighted by Gasteiger charge is -2.13. The molecule has 0 aromatic heterocycles. The molecule has 0 amide bonds. The van der Waals surface area contributed by atoms with Gasteiger partial charge in [-0.2, -0.15) is 5.26 Å². The maximum absolute atomic E-state index is 12.2. The number of carbonyl (C=O) groups excluding carboxylic acids is 1. The van der Waals surface area contributed by atoms with Crippen molar-refractivity contribution in [2.24, 2.45) is 0 Å². The van der Waals surface area contributed by atoms with Gasteiger partial charge in [0.2, 0.25) is 0 Å². The first-order valence-electron chi connectivity index (χ1n) is 7.78. The predicted molar refractivity (Wildman–Crippen MR) is 94.3 cm³/mol. The summed E-state index contributed by atoms with van der Waals surface area (Å²) < 4.78 is 16.1. The molecule has 0 unspecified atom stereocenters. The van der Waals surface area contributed by atoms with Gasteiger partial charge in [-0.3, -0.25) is 4.79 Å². The van der Waals surface area contributed by atoms with Crippen LogP contribution in [0.25, 0.3) is 0 Å². The third-order valence-electron chi connectivity index (χ3n) is 3.45. The molecule has 0 aliphatic heterocycles. The molecule has 0 radical (unpaired) electrons. The summed E-state index contributed by atoms with van der Waals surface area (Å²) in [4.78, 5) is 12.2. The van der Waals surface area contributed by atoms with E-state index in [-0.39, 0.29) is 22.9 Å². The van der Waals surface area contributed by atoms with Crippen LogP contribution >= 0.6 is 11.6 Å². The van der Waals surface area contributed by atoms with Crippen LogP contribution in [0.3, 0.4) is 0 Å². The quantitative estimate of drug-likeness (QED) is 0.548. The van der Waals surface area contributed by atoms with Gasteiger partial charge in [0.05, 0.1) is 36.8 Å². The number of hydrogen-bond acceptors (Lipinski definition) is 5. The van der Waals surface area contributed by atoms with Gasteiger partial charge in [-0.15, -0.1) is 0 Å². The van der Waals surface area contributed by atoms with Gasteiger partial charge >= 0.3 is 5.97 Å². The van der Waals surface area contributed by atoms with E-state index in [2.05, 4.69) is 0 Å². The fourth-order valence-corrected chi connectivity index (χ4v) is 2.55. The molecular weight excluding hydrogens is 342 g/mol. The van der Waals surface area contributed by atoms with Gasteiger partial charge in [0.1, 0.15) is 5.75 Å². The second kappa shape index (κ2) is 8.95. The summed E-state index contributed by atoms with van der Waals surface area (Å²) in [7, 11) is 1.59. The Balaban J connectivity index is 2.11. The van der Waals surface area contributed by atoms with Gasteiger partial charge in [-0.05, 0) is 31.0 Å². The average Bonchev–Trinajstić information content (AvgIpc) is 2.62. The molecule has 0 atom stereocenters. The maximum Gasteiger partial charge on any atom is 0.311 e. The van der Waals surface area contributed by atoms with Crippen molar-refractivity contribution in [2.75, 3.05) is 13.7 Å². The first kappa shape index (κ1) is 18.6. The first-order chi connectivity index (χ1) is 12.1. The van der Waals surface area contributed by atoms with E-state index in [1.807, 2.05) is 30.3 Å². The Morgan fingerprint density at radius 2 is 2.00 bits per heavy atom. The monoisotopic (exact) mass is 359 g/mol. The van der Waals surface area contributed by atoms with E-state index < -0.39 is 5.97 Å². The summed E-state index contributed by atoms with van der Waals surface area (Å²) >= 11 is 6.13. The topological polar surface area (TPSA) is 68.5 Å². The molecule has 2 rings (SSSR count). The summed E-state index contributed by atoms with van der Waals surface area (Å²) in [6.07, 6.45) is 0.628. The summed E-state index contributed by atoms with van der Waals surface area (Å²) in [6, 6.07) is 12.4. The fourth-order valence-electron chi connectivity index (χ4n) is 2.31. The molecule has 0 aliphatic carbocycles. The first-order valence-corrected chi connectivity index (χ1v) is 8.15. The van der Waals surface area contributed by atoms with Crippen LogP contribution in [0.4, 0.5) is 0 Å². The SMILES string of the molecule is CCOc1cc(C#N)cc(Cl)c1OC(=O)CCc1ccccc1OC. The molecule has 0 heterocycles. The van der Waals surface area contributed by atoms with Crippen LogP contribution < -0.4 is 14.2 Å². The number of hydrogen-bond donors (Lipinski definition) is 0. The molecule has 2 aromatic rings. The highest BCUT2D eigenvalue weighted by Gasteiger charge is 2.17. The number of esters is 1. The summed E-state index contributed by atoms with van der Waals surface area (Å²) in [5.74, 6) is 0.685. The maximum atomic E-state index is 12.2. The Bertz CT molecular complexity index is 798. The molecule has 0 saturated heterocycles. The standard InChI is InChI=1S/C19H18ClNO4/c1-3-24-17-11-13(12-21)10-15(20)19(17)25-18(22)9-8-14-6-4-5-7-16(14)23-2/h4-7,10-11H,3,8-9H2,1-2H3. The van der Waals surface area contributed by atoms with E-state index in [1.54, 1.807) is 14.0 Å². The Morgan fingerprint density at radius 3 is 2.68 bits per heavy atom. The van der Waals surface area contributed by atoms with Crippen molar-refractivity contribution in [3.8, 4) is 23.3 Å². The molecule has 25 heavy (non-hydrogen) atoms. The molecule has 0 N–H and O–H groups in total. The minimum absolute atomic E-state index is 0.132. The molecule has 5 nitrogen and oxygen atoms in total. The van der Waals surface area contributed by atoms with Crippen LogP contribution in [0.2, 0.25) is 5.02 Å². The van der Waals surface area contributed by atoms with Gasteiger partial charge < -0.3 is 14.2 Å². The zero-order valence-electron chi connectivity index (χ0n) is 14.0. The van der Waals surface area contributed by atoms with Gasteiger partial charge in [-0.25, -0.2) is 0 Å². The van der Waals surface area contributed by atoms with E-state index in [9.17, 15) is 4.79 Å². The highest BCUT2D eigenvalue weighted by molar-refractivity contribution is 6.32. The largest absolute Gasteiger partial charge is 0.496 e. The van der Waals surface area contributed by atoms with Crippen molar-refractivity contribution in [3.05, 3.63) is 52.5 Å². The lowest BCUT2D eigenvalue weighted by molar-refractivity contribution is -0.134. The van der Waals surface area contributed by atoms with Crippen LogP contribution in [-0.2, 0) is 11.2 Å². The number of para-hydroxylation sites is 1. The molecule has 0 spiro atoms. The van der Waals surface area contributed by atoms with E-state index >= 15 is 0 Å². The molecule has 0 fully saturated rings. The van der Waals surface area contributed by atoms with E-state index in [0.717, 1.165) is 11.3 Å². The minimum Gasteiger partial charge on any atom is -0.496 e. The van der Waals surface area contributed by atoms with Crippen molar-refractivity contribution in [1.29, 1.82) is 5.26 Å². The van der Waals surface area contributed by atoms with Crippen molar-refractivity contribution in [3.63, 3.8) is 0 Å². The normalized spacial score (nSPS) is 10.0. The molecular formula is C19H18ClNO4. The minimum atomic E-state index is -0.446. The predicted octanol–water partition coefficient (Wildman–Crippen LogP) is 4.16. The average molecular weight is 360 g/mol. The molecule has 6 heteroatoms. The van der Waals surface area contributed by atoms with Crippen LogP contribution in [-0.4, -0.2) is 19.7 Å². The van der Waals surface area contributed by atoms with Crippen LogP contribution in [0.1, 0.15) is 24.5 Å². The Hall–Kier alpha value is -2.71. The number of nitriles is 1. The third-order valence-corrected chi connectivity index (χ3v) is 3.73. The van der Waals surface area contributed by atoms with Crippen molar-refractivity contribution < 1.29 is 19.0 Å². The van der Waals surface area contributed by atoms with Gasteiger partial charge in [0, 0.05) is 6.07 Å². The number of methoxy groups -OCH3 is 1. The number of nitrogens with zero attached hydrogens (tertiary/aromatic N) is 1. The van der Waals surface area contributed by atoms with Gasteiger partial charge in [-0.1, -0.05) is 29.8 Å². The summed E-state index contributed by atoms with van der Waals surface area (Å²) in [5.41, 5.74) is 1.25. The molecule has 0 aliphatic rings. The number of halogens is 1. The second-order valence-electron chi connectivity index (χ2n) is 5.12. The van der Waals surface area contributed by atoms with Crippen molar-refractivity contribution >= 4 is 17.6 Å². The van der Waals surface area contributed by atoms with Crippen molar-refractivity contribution in [1.82, 2.24) is 0 Å². The Labute approximate surface area is 151 Å².